The molecule has 0 fully saturated rings. The number of fused-ring (bicyclic) bond motifs is 3. The Morgan fingerprint density at radius 1 is 1.00 bits per heavy atom. The van der Waals surface area contributed by atoms with Crippen molar-refractivity contribution in [2.75, 3.05) is 18.5 Å². The lowest BCUT2D eigenvalue weighted by molar-refractivity contribution is -0.118. The Labute approximate surface area is 219 Å². The van der Waals surface area contributed by atoms with E-state index >= 15 is 0 Å². The van der Waals surface area contributed by atoms with Crippen LogP contribution in [0.4, 0.5) is 15.3 Å². The fourth-order valence-electron chi connectivity index (χ4n) is 4.38. The van der Waals surface area contributed by atoms with Crippen molar-refractivity contribution in [3.63, 3.8) is 0 Å². The molecule has 10 heteroatoms. The van der Waals surface area contributed by atoms with Gasteiger partial charge in [0.05, 0.1) is 23.5 Å². The van der Waals surface area contributed by atoms with E-state index in [0.717, 1.165) is 22.3 Å². The topological polar surface area (TPSA) is 135 Å². The van der Waals surface area contributed by atoms with Crippen molar-refractivity contribution in [3.05, 3.63) is 83.7 Å². The highest BCUT2D eigenvalue weighted by molar-refractivity contribution is 6.16. The second kappa shape index (κ2) is 12.2. The van der Waals surface area contributed by atoms with Crippen molar-refractivity contribution in [2.24, 2.45) is 5.73 Å². The Hall–Kier alpha value is -4.11. The van der Waals surface area contributed by atoms with Gasteiger partial charge in [0.1, 0.15) is 12.6 Å². The summed E-state index contributed by atoms with van der Waals surface area (Å²) in [6.45, 7) is 0.388. The van der Waals surface area contributed by atoms with Crippen molar-refractivity contribution in [2.45, 2.75) is 30.7 Å². The zero-order valence-corrected chi connectivity index (χ0v) is 20.8. The molecule has 0 unspecified atom stereocenters. The number of benzene rings is 2. The molecule has 0 saturated heterocycles. The molecule has 1 aliphatic rings. The van der Waals surface area contributed by atoms with Gasteiger partial charge in [-0.05, 0) is 47.2 Å². The number of hydrogen-bond acceptors (Lipinski definition) is 5. The number of amides is 4. The Morgan fingerprint density at radius 2 is 1.68 bits per heavy atom. The molecule has 0 spiro atoms. The number of pyridine rings is 1. The van der Waals surface area contributed by atoms with Crippen LogP contribution in [-0.4, -0.2) is 42.2 Å². The first kappa shape index (κ1) is 26.0. The number of nitrogens with two attached hydrogens (primary N) is 1. The van der Waals surface area contributed by atoms with Gasteiger partial charge in [0.2, 0.25) is 5.91 Å². The molecular weight excluding hydrogens is 494 g/mol. The molecule has 2 aromatic carbocycles. The zero-order valence-electron chi connectivity index (χ0n) is 20.1. The highest BCUT2D eigenvalue weighted by Crippen LogP contribution is 2.44. The molecule has 1 heterocycles. The number of anilines is 1. The largest absolute Gasteiger partial charge is 0.449 e. The first-order valence-corrected chi connectivity index (χ1v) is 12.5. The van der Waals surface area contributed by atoms with E-state index in [1.807, 2.05) is 36.4 Å². The molecule has 0 bridgehead atoms. The number of halogens is 1. The van der Waals surface area contributed by atoms with Gasteiger partial charge in [-0.3, -0.25) is 9.78 Å². The van der Waals surface area contributed by atoms with E-state index in [1.165, 1.54) is 6.20 Å². The smallest absolute Gasteiger partial charge is 0.407 e. The minimum absolute atomic E-state index is 0.100. The van der Waals surface area contributed by atoms with E-state index < -0.39 is 24.1 Å². The average molecular weight is 522 g/mol. The van der Waals surface area contributed by atoms with Crippen LogP contribution < -0.4 is 21.7 Å². The first-order chi connectivity index (χ1) is 18.0. The van der Waals surface area contributed by atoms with E-state index in [1.54, 1.807) is 12.1 Å². The number of nitrogens with zero attached hydrogens (tertiary/aromatic N) is 1. The summed E-state index contributed by atoms with van der Waals surface area (Å²) >= 11 is 5.77. The number of hydrogen-bond donors (Lipinski definition) is 4. The lowest BCUT2D eigenvalue weighted by atomic mass is 9.98. The summed E-state index contributed by atoms with van der Waals surface area (Å²) < 4.78 is 5.60. The standard InChI is InChI=1S/C27H28ClN5O4/c28-14-17-11-12-18(15-31-17)32-25(34)24(10-5-13-30-26(29)35)33-27(36)37-16-23-21-8-3-1-6-19(21)20-7-2-4-9-22(20)23/h1-4,6-9,11-12,15,23-24H,5,10,13-14,16H2,(H,32,34)(H,33,36)(H3,29,30,35)/t24-/m0/s1. The Morgan fingerprint density at radius 3 is 2.27 bits per heavy atom. The molecule has 0 radical (unpaired) electrons. The zero-order chi connectivity index (χ0) is 26.2. The first-order valence-electron chi connectivity index (χ1n) is 11.9. The molecule has 3 aromatic rings. The number of rotatable bonds is 10. The van der Waals surface area contributed by atoms with Crippen molar-refractivity contribution in [1.29, 1.82) is 0 Å². The number of urea groups is 1. The number of alkyl halides is 1. The summed E-state index contributed by atoms with van der Waals surface area (Å²) in [5, 5.41) is 7.88. The highest BCUT2D eigenvalue weighted by Gasteiger charge is 2.29. The maximum atomic E-state index is 13.0. The van der Waals surface area contributed by atoms with Crippen LogP contribution in [0.2, 0.25) is 0 Å². The number of primary amides is 1. The summed E-state index contributed by atoms with van der Waals surface area (Å²) in [5.41, 5.74) is 10.7. The summed E-state index contributed by atoms with van der Waals surface area (Å²) in [7, 11) is 0. The van der Waals surface area contributed by atoms with E-state index in [4.69, 9.17) is 22.1 Å². The molecule has 9 nitrogen and oxygen atoms in total. The SMILES string of the molecule is NC(=O)NCCC[C@H](NC(=O)OCC1c2ccccc2-c2ccccc21)C(=O)Nc1ccc(CCl)nc1. The monoisotopic (exact) mass is 521 g/mol. The van der Waals surface area contributed by atoms with Crippen molar-refractivity contribution in [1.82, 2.24) is 15.6 Å². The number of aromatic nitrogens is 1. The fraction of sp³-hybridized carbons (Fsp3) is 0.259. The number of ether oxygens (including phenoxy) is 1. The Bertz CT molecular complexity index is 1220. The Kier molecular flexibility index (Phi) is 8.58. The highest BCUT2D eigenvalue weighted by atomic mass is 35.5. The molecule has 0 saturated carbocycles. The summed E-state index contributed by atoms with van der Waals surface area (Å²) in [4.78, 5) is 40.9. The van der Waals surface area contributed by atoms with Gasteiger partial charge in [-0.25, -0.2) is 9.59 Å². The van der Waals surface area contributed by atoms with Gasteiger partial charge in [-0.15, -0.1) is 11.6 Å². The maximum Gasteiger partial charge on any atom is 0.407 e. The van der Waals surface area contributed by atoms with Crippen molar-refractivity contribution < 1.29 is 19.1 Å². The normalized spacial score (nSPS) is 12.7. The average Bonchev–Trinajstić information content (AvgIpc) is 3.23. The van der Waals surface area contributed by atoms with Crippen molar-refractivity contribution >= 4 is 35.3 Å². The molecular formula is C27H28ClN5O4. The Balaban J connectivity index is 1.40. The van der Waals surface area contributed by atoms with Gasteiger partial charge in [0, 0.05) is 12.5 Å². The van der Waals surface area contributed by atoms with Crippen LogP contribution in [0.25, 0.3) is 11.1 Å². The van der Waals surface area contributed by atoms with Gasteiger partial charge in [-0.1, -0.05) is 48.5 Å². The van der Waals surface area contributed by atoms with E-state index in [0.29, 0.717) is 17.8 Å². The molecule has 37 heavy (non-hydrogen) atoms. The number of carbonyl (C=O) groups is 3. The molecule has 1 aliphatic carbocycles. The molecule has 5 N–H and O–H groups in total. The maximum absolute atomic E-state index is 13.0. The minimum Gasteiger partial charge on any atom is -0.449 e. The number of alkyl carbamates (subject to hydrolysis) is 1. The van der Waals surface area contributed by atoms with E-state index in [9.17, 15) is 14.4 Å². The van der Waals surface area contributed by atoms with Gasteiger partial charge in [0.25, 0.3) is 0 Å². The second-order valence-electron chi connectivity index (χ2n) is 8.62. The predicted octanol–water partition coefficient (Wildman–Crippen LogP) is 4.11. The van der Waals surface area contributed by atoms with Gasteiger partial charge in [-0.2, -0.15) is 0 Å². The summed E-state index contributed by atoms with van der Waals surface area (Å²) in [5.74, 6) is -0.280. The molecule has 1 aromatic heterocycles. The van der Waals surface area contributed by atoms with E-state index in [2.05, 4.69) is 33.1 Å². The fourth-order valence-corrected chi connectivity index (χ4v) is 4.53. The predicted molar refractivity (Wildman–Crippen MR) is 141 cm³/mol. The van der Waals surface area contributed by atoms with Gasteiger partial charge in [0.15, 0.2) is 0 Å². The van der Waals surface area contributed by atoms with Crippen LogP contribution >= 0.6 is 11.6 Å². The third kappa shape index (κ3) is 6.56. The molecule has 4 amide bonds. The van der Waals surface area contributed by atoms with Crippen LogP contribution in [0, 0.1) is 0 Å². The summed E-state index contributed by atoms with van der Waals surface area (Å²) in [6.07, 6.45) is 1.45. The van der Waals surface area contributed by atoms with Crippen LogP contribution in [0.5, 0.6) is 0 Å². The molecule has 1 atom stereocenters. The number of carbonyl (C=O) groups excluding carboxylic acids is 3. The molecule has 192 valence electrons. The van der Waals surface area contributed by atoms with Gasteiger partial charge >= 0.3 is 12.1 Å². The van der Waals surface area contributed by atoms with Crippen LogP contribution in [-0.2, 0) is 15.4 Å². The van der Waals surface area contributed by atoms with Crippen molar-refractivity contribution in [3.8, 4) is 11.1 Å². The quantitative estimate of drug-likeness (QED) is 0.235. The lowest BCUT2D eigenvalue weighted by Gasteiger charge is -2.20. The third-order valence-electron chi connectivity index (χ3n) is 6.15. The van der Waals surface area contributed by atoms with Crippen LogP contribution in [0.3, 0.4) is 0 Å². The molecule has 4 rings (SSSR count). The van der Waals surface area contributed by atoms with E-state index in [-0.39, 0.29) is 31.4 Å². The third-order valence-corrected chi connectivity index (χ3v) is 6.42. The number of nitrogens with one attached hydrogen (secondary N) is 3. The van der Waals surface area contributed by atoms with Crippen LogP contribution in [0.1, 0.15) is 35.6 Å². The van der Waals surface area contributed by atoms with Crippen LogP contribution in [0.15, 0.2) is 66.9 Å². The minimum atomic E-state index is -0.905. The second-order valence-corrected chi connectivity index (χ2v) is 8.88. The molecule has 0 aliphatic heterocycles. The summed E-state index contributed by atoms with van der Waals surface area (Å²) in [6, 6.07) is 17.9. The van der Waals surface area contributed by atoms with Gasteiger partial charge < -0.3 is 26.4 Å². The lowest BCUT2D eigenvalue weighted by Crippen LogP contribution is -2.44.